The molecule has 21 heteroatoms. The van der Waals surface area contributed by atoms with Gasteiger partial charge in [-0.3, -0.25) is 0 Å². The molecule has 2 aromatic heterocycles. The number of aliphatic hydroxyl groups excluding tert-OH is 1. The molecule has 8 N–H and O–H groups in total. The molecule has 0 bridgehead atoms. The molecule has 1 aliphatic heterocycles. The van der Waals surface area contributed by atoms with Crippen LogP contribution in [0, 0.1) is 0 Å². The summed E-state index contributed by atoms with van der Waals surface area (Å²) < 4.78 is 42.0. The number of aliphatic hydroxyl groups is 1. The Balaban J connectivity index is 1.67. The summed E-state index contributed by atoms with van der Waals surface area (Å²) in [4.78, 5) is 58.5. The summed E-state index contributed by atoms with van der Waals surface area (Å²) in [6, 6.07) is 0. The zero-order valence-corrected chi connectivity index (χ0v) is 19.6. The van der Waals surface area contributed by atoms with Gasteiger partial charge in [-0.05, 0) is 0 Å². The van der Waals surface area contributed by atoms with Crippen LogP contribution in [-0.2, 0) is 27.0 Å². The molecule has 3 heterocycles. The van der Waals surface area contributed by atoms with E-state index in [0.29, 0.717) is 0 Å². The fourth-order valence-corrected chi connectivity index (χ4v) is 7.90. The summed E-state index contributed by atoms with van der Waals surface area (Å²) in [6.07, 6.45) is -5.97. The van der Waals surface area contributed by atoms with Crippen LogP contribution in [0.1, 0.15) is 12.6 Å². The van der Waals surface area contributed by atoms with E-state index in [4.69, 9.17) is 24.8 Å². The molecule has 0 aromatic carbocycles. The number of rotatable bonds is 8. The summed E-state index contributed by atoms with van der Waals surface area (Å²) in [5.41, 5.74) is 5.06. The summed E-state index contributed by atoms with van der Waals surface area (Å²) in [6.45, 7) is -0.546. The van der Waals surface area contributed by atoms with E-state index in [2.05, 4.69) is 23.6 Å². The predicted molar refractivity (Wildman–Crippen MR) is 103 cm³/mol. The van der Waals surface area contributed by atoms with E-state index in [1.807, 2.05) is 0 Å². The molecule has 1 fully saturated rings. The average molecular weight is 571 g/mol. The molecule has 0 amide bonds. The standard InChI is InChI=1S/C10H17N5O12P3Se/c11-10-13-8-7(9(17)14-10)12-3-15(8)6-1-4(16)5(25-6)2-24-30(23,31)27-29(21,22)26-28(18,19)20/h3-6,16,23,31H,1-2H2,(H,21,22)(H2,18,19,20)(H3,11,13,14,17)/t4-,5+,6+,30?/m0/s1. The number of aromatic nitrogens is 4. The molecular formula is C10H17N5O12P3Se. The van der Waals surface area contributed by atoms with E-state index in [1.54, 1.807) is 0 Å². The number of hydrogen-bond acceptors (Lipinski definition) is 12. The number of nitrogens with two attached hydrogens (primary N) is 1. The van der Waals surface area contributed by atoms with Crippen molar-refractivity contribution >= 4 is 54.0 Å². The number of ether oxygens (including phenoxy) is 1. The number of nitrogens with zero attached hydrogens (tertiary/aromatic N) is 3. The van der Waals surface area contributed by atoms with Gasteiger partial charge in [0.2, 0.25) is 0 Å². The molecule has 0 saturated carbocycles. The summed E-state index contributed by atoms with van der Waals surface area (Å²) in [5, 5.41) is 10.2. The third-order valence-corrected chi connectivity index (χ3v) is 9.74. The summed E-state index contributed by atoms with van der Waals surface area (Å²) in [5.74, 6) is -0.153. The Morgan fingerprint density at radius 1 is 1.32 bits per heavy atom. The van der Waals surface area contributed by atoms with Crippen molar-refractivity contribution in [2.24, 2.45) is 0 Å². The van der Waals surface area contributed by atoms with Crippen molar-refractivity contribution in [3.05, 3.63) is 16.7 Å². The Labute approximate surface area is 179 Å². The van der Waals surface area contributed by atoms with Gasteiger partial charge in [0.25, 0.3) is 0 Å². The van der Waals surface area contributed by atoms with Gasteiger partial charge < -0.3 is 0 Å². The number of imidazole rings is 1. The first-order valence-electron chi connectivity index (χ1n) is 8.02. The van der Waals surface area contributed by atoms with Gasteiger partial charge in [-0.1, -0.05) is 0 Å². The zero-order chi connectivity index (χ0) is 23.2. The van der Waals surface area contributed by atoms with Crippen LogP contribution in [-0.4, -0.2) is 78.1 Å². The Morgan fingerprint density at radius 3 is 2.65 bits per heavy atom. The number of anilines is 1. The third-order valence-electron chi connectivity index (χ3n) is 3.79. The Bertz CT molecular complexity index is 1180. The number of phosphoric acid groups is 2. The molecule has 31 heavy (non-hydrogen) atoms. The predicted octanol–water partition coefficient (Wildman–Crippen LogP) is -1.84. The molecule has 1 radical (unpaired) electrons. The van der Waals surface area contributed by atoms with Crippen LogP contribution in [0.3, 0.4) is 0 Å². The molecule has 175 valence electrons. The van der Waals surface area contributed by atoms with Crippen molar-refractivity contribution in [1.29, 1.82) is 0 Å². The van der Waals surface area contributed by atoms with Crippen molar-refractivity contribution in [2.75, 3.05) is 12.3 Å². The molecular weight excluding hydrogens is 554 g/mol. The van der Waals surface area contributed by atoms with Crippen LogP contribution < -0.4 is 11.3 Å². The van der Waals surface area contributed by atoms with Crippen LogP contribution in [0.4, 0.5) is 5.95 Å². The van der Waals surface area contributed by atoms with Crippen molar-refractivity contribution in [2.45, 2.75) is 24.9 Å². The Kier molecular flexibility index (Phi) is 7.10. The summed E-state index contributed by atoms with van der Waals surface area (Å²) >= 11 is 1.41. The van der Waals surface area contributed by atoms with E-state index in [0.717, 1.165) is 0 Å². The van der Waals surface area contributed by atoms with Gasteiger partial charge in [-0.15, -0.1) is 0 Å². The number of nitrogens with one attached hydrogen (secondary N) is 1. The second-order valence-corrected chi connectivity index (χ2v) is 13.8. The molecule has 5 atom stereocenters. The van der Waals surface area contributed by atoms with Crippen LogP contribution in [0.5, 0.6) is 0 Å². The molecule has 1 aliphatic rings. The topological polar surface area (TPSA) is 262 Å². The number of aromatic amines is 1. The second kappa shape index (κ2) is 8.86. The molecule has 17 nitrogen and oxygen atoms in total. The van der Waals surface area contributed by atoms with Crippen molar-refractivity contribution in [3.63, 3.8) is 0 Å². The first kappa shape index (κ1) is 24.8. The maximum absolute atomic E-state index is 11.9. The van der Waals surface area contributed by atoms with Gasteiger partial charge in [0.1, 0.15) is 0 Å². The SMILES string of the molecule is Nc1nc2c(ncn2[C@H]2C[C@H](O)[C@@H](COP(O)(=[SeH])OP(=O)(O)OP(=O)(O)O)O2)c(=O)[nH]1. The first-order chi connectivity index (χ1) is 14.2. The molecule has 3 rings (SSSR count). The van der Waals surface area contributed by atoms with E-state index in [-0.39, 0.29) is 23.5 Å². The fourth-order valence-electron chi connectivity index (χ4n) is 2.67. The van der Waals surface area contributed by atoms with E-state index in [9.17, 15) is 28.8 Å². The molecule has 1 saturated heterocycles. The molecule has 0 spiro atoms. The van der Waals surface area contributed by atoms with Crippen molar-refractivity contribution in [1.82, 2.24) is 19.5 Å². The van der Waals surface area contributed by atoms with Crippen molar-refractivity contribution < 1.29 is 51.7 Å². The Morgan fingerprint density at radius 2 is 2.00 bits per heavy atom. The molecule has 2 aromatic rings. The van der Waals surface area contributed by atoms with Gasteiger partial charge >= 0.3 is 179 Å². The second-order valence-electron chi connectivity index (χ2n) is 6.12. The van der Waals surface area contributed by atoms with Gasteiger partial charge in [-0.25, -0.2) is 0 Å². The minimum atomic E-state index is -5.39. The fraction of sp³-hybridized carbons (Fsp3) is 0.500. The molecule has 0 aliphatic carbocycles. The van der Waals surface area contributed by atoms with Crippen LogP contribution in [0.15, 0.2) is 11.1 Å². The number of hydrogen-bond donors (Lipinski definition) is 7. The van der Waals surface area contributed by atoms with Gasteiger partial charge in [0, 0.05) is 0 Å². The number of nitrogen functional groups attached to an aromatic ring is 1. The summed E-state index contributed by atoms with van der Waals surface area (Å²) in [7, 11) is -10.8. The van der Waals surface area contributed by atoms with Crippen molar-refractivity contribution in [3.8, 4) is 0 Å². The van der Waals surface area contributed by atoms with E-state index in [1.165, 1.54) is 26.0 Å². The minimum absolute atomic E-state index is 0.00395. The first-order valence-corrected chi connectivity index (χ1v) is 15.1. The van der Waals surface area contributed by atoms with Gasteiger partial charge in [-0.2, -0.15) is 0 Å². The number of H-pyrrole nitrogens is 1. The van der Waals surface area contributed by atoms with Gasteiger partial charge in [0.05, 0.1) is 0 Å². The quantitative estimate of drug-likeness (QED) is 0.136. The van der Waals surface area contributed by atoms with Crippen LogP contribution >= 0.6 is 21.8 Å². The van der Waals surface area contributed by atoms with Crippen LogP contribution in [0.25, 0.3) is 11.2 Å². The average Bonchev–Trinajstić information content (AvgIpc) is 3.13. The zero-order valence-electron chi connectivity index (χ0n) is 15.0. The third kappa shape index (κ3) is 6.38. The van der Waals surface area contributed by atoms with E-state index < -0.39 is 52.4 Å². The van der Waals surface area contributed by atoms with E-state index >= 15 is 0 Å². The van der Waals surface area contributed by atoms with Crippen LogP contribution in [0.2, 0.25) is 0 Å². The number of fused-ring (bicyclic) bond motifs is 1. The Hall–Kier alpha value is -0.801. The monoisotopic (exact) mass is 572 g/mol. The van der Waals surface area contributed by atoms with Gasteiger partial charge in [0.15, 0.2) is 0 Å². The normalized spacial score (nSPS) is 26.0. The molecule has 2 unspecified atom stereocenters. The maximum atomic E-state index is 11.9.